The van der Waals surface area contributed by atoms with E-state index in [0.717, 1.165) is 11.0 Å². The van der Waals surface area contributed by atoms with Crippen LogP contribution in [0, 0.1) is 0 Å². The highest BCUT2D eigenvalue weighted by atomic mass is 16.5. The Balaban J connectivity index is 1.69. The third kappa shape index (κ3) is 2.50. The molecule has 1 spiro atoms. The van der Waals surface area contributed by atoms with Crippen molar-refractivity contribution >= 4 is 28.1 Å². The van der Waals surface area contributed by atoms with E-state index >= 15 is 0 Å². The molecule has 2 heterocycles. The molecule has 1 aliphatic carbocycles. The van der Waals surface area contributed by atoms with Gasteiger partial charge >= 0.3 is 0 Å². The Morgan fingerprint density at radius 3 is 2.43 bits per heavy atom. The number of nitrogens with one attached hydrogen (secondary N) is 1. The van der Waals surface area contributed by atoms with Crippen molar-refractivity contribution in [3.8, 4) is 11.5 Å². The monoisotopic (exact) mass is 406 g/mol. The highest BCUT2D eigenvalue weighted by molar-refractivity contribution is 6.30. The van der Waals surface area contributed by atoms with Gasteiger partial charge in [-0.1, -0.05) is 12.1 Å². The summed E-state index contributed by atoms with van der Waals surface area (Å²) in [6, 6.07) is 12.9. The molecule has 3 aromatic rings. The average Bonchev–Trinajstić information content (AvgIpc) is 3.24. The lowest BCUT2D eigenvalue weighted by Crippen LogP contribution is -2.61. The number of fused-ring (bicyclic) bond motifs is 1. The molecule has 4 N–H and O–H groups in total. The Kier molecular flexibility index (Phi) is 4.01. The summed E-state index contributed by atoms with van der Waals surface area (Å²) in [7, 11) is 3.13. The molecule has 8 heteroatoms. The number of methoxy groups -OCH3 is 2. The predicted octanol–water partition coefficient (Wildman–Crippen LogP) is 2.19. The molecule has 1 aromatic heterocycles. The van der Waals surface area contributed by atoms with Crippen molar-refractivity contribution in [2.75, 3.05) is 19.1 Å². The second-order valence-corrected chi connectivity index (χ2v) is 7.69. The molecule has 1 fully saturated rings. The minimum absolute atomic E-state index is 0.147. The average molecular weight is 406 g/mol. The number of aromatic amines is 1. The zero-order chi connectivity index (χ0) is 21.0. The largest absolute Gasteiger partial charge is 0.497 e. The van der Waals surface area contributed by atoms with Crippen LogP contribution < -0.4 is 20.1 Å². The molecule has 2 aromatic carbocycles. The van der Waals surface area contributed by atoms with E-state index < -0.39 is 11.6 Å². The van der Waals surface area contributed by atoms with Crippen LogP contribution in [-0.2, 0) is 4.79 Å². The van der Waals surface area contributed by atoms with Crippen LogP contribution >= 0.6 is 0 Å². The number of anilines is 1. The van der Waals surface area contributed by atoms with Crippen LogP contribution in [0.2, 0.25) is 0 Å². The maximum atomic E-state index is 13.6. The van der Waals surface area contributed by atoms with Gasteiger partial charge in [0.1, 0.15) is 34.3 Å². The highest BCUT2D eigenvalue weighted by Crippen LogP contribution is 2.51. The molecule has 1 aliphatic heterocycles. The lowest BCUT2D eigenvalue weighted by atomic mass is 9.70. The van der Waals surface area contributed by atoms with Gasteiger partial charge in [-0.2, -0.15) is 0 Å². The summed E-state index contributed by atoms with van der Waals surface area (Å²) in [5.74, 6) is 1.73. The number of nitrogens with zero attached hydrogens (tertiary/aromatic N) is 2. The number of nitrogens with two attached hydrogens (primary N) is 1. The third-order valence-electron chi connectivity index (χ3n) is 5.94. The first-order valence-corrected chi connectivity index (χ1v) is 9.68. The number of carbonyl (C=O) groups is 1. The minimum Gasteiger partial charge on any atom is -0.497 e. The van der Waals surface area contributed by atoms with Gasteiger partial charge in [0.15, 0.2) is 5.78 Å². The second-order valence-electron chi connectivity index (χ2n) is 7.69. The fourth-order valence-corrected chi connectivity index (χ4v) is 4.49. The van der Waals surface area contributed by atoms with E-state index in [-0.39, 0.29) is 18.6 Å². The number of Topliss-reactive ketones (excluding diaryl/α,β-unsaturated/α-hetero) is 1. The van der Waals surface area contributed by atoms with E-state index in [2.05, 4.69) is 9.97 Å². The van der Waals surface area contributed by atoms with Gasteiger partial charge in [-0.05, 0) is 12.1 Å². The van der Waals surface area contributed by atoms with E-state index in [0.29, 0.717) is 34.4 Å². The standard InChI is InChI=1S/C22H22N4O4/c1-29-14-7-12(8-15(9-14)30-2)26-20(23)18(19(28)22(26)10-13(27)11-22)21-24-16-5-3-4-6-17(16)25-21/h3-9,13,27H,10-11,23H2,1-2H3,(H,24,25)/t13-,22+. The molecule has 8 nitrogen and oxygen atoms in total. The number of imidazole rings is 1. The second kappa shape index (κ2) is 6.50. The Hall–Kier alpha value is -3.52. The molecule has 0 bridgehead atoms. The molecular weight excluding hydrogens is 384 g/mol. The fraction of sp³-hybridized carbons (Fsp3) is 0.273. The molecule has 0 saturated heterocycles. The summed E-state index contributed by atoms with van der Waals surface area (Å²) in [5.41, 5.74) is 8.20. The van der Waals surface area contributed by atoms with E-state index in [4.69, 9.17) is 15.2 Å². The number of hydrogen-bond acceptors (Lipinski definition) is 7. The summed E-state index contributed by atoms with van der Waals surface area (Å²) < 4.78 is 10.8. The number of benzene rings is 2. The Bertz CT molecular complexity index is 1140. The smallest absolute Gasteiger partial charge is 0.196 e. The Morgan fingerprint density at radius 1 is 1.17 bits per heavy atom. The molecule has 1 saturated carbocycles. The molecule has 0 radical (unpaired) electrons. The predicted molar refractivity (Wildman–Crippen MR) is 112 cm³/mol. The Morgan fingerprint density at radius 2 is 1.83 bits per heavy atom. The molecule has 2 aliphatic rings. The number of rotatable bonds is 4. The summed E-state index contributed by atoms with van der Waals surface area (Å²) in [5, 5.41) is 10.1. The van der Waals surface area contributed by atoms with Crippen molar-refractivity contribution < 1.29 is 19.4 Å². The van der Waals surface area contributed by atoms with Crippen LogP contribution in [0.3, 0.4) is 0 Å². The van der Waals surface area contributed by atoms with Gasteiger partial charge in [0, 0.05) is 31.0 Å². The number of aromatic nitrogens is 2. The van der Waals surface area contributed by atoms with Crippen molar-refractivity contribution in [1.29, 1.82) is 0 Å². The number of aliphatic hydroxyl groups excluding tert-OH is 1. The van der Waals surface area contributed by atoms with Crippen molar-refractivity contribution in [3.05, 3.63) is 54.1 Å². The van der Waals surface area contributed by atoms with E-state index in [9.17, 15) is 9.90 Å². The normalized spacial score (nSPS) is 23.4. The zero-order valence-electron chi connectivity index (χ0n) is 16.7. The number of H-pyrrole nitrogens is 1. The summed E-state index contributed by atoms with van der Waals surface area (Å²) in [6.07, 6.45) is 0.0118. The van der Waals surface area contributed by atoms with Crippen LogP contribution in [0.1, 0.15) is 18.7 Å². The minimum atomic E-state index is -0.949. The fourth-order valence-electron chi connectivity index (χ4n) is 4.49. The first-order chi connectivity index (χ1) is 14.5. The summed E-state index contributed by atoms with van der Waals surface area (Å²) in [6.45, 7) is 0. The molecule has 5 rings (SSSR count). The number of para-hydroxylation sites is 2. The number of aliphatic hydroxyl groups is 1. The maximum absolute atomic E-state index is 13.6. The van der Waals surface area contributed by atoms with Gasteiger partial charge in [-0.3, -0.25) is 4.79 Å². The summed E-state index contributed by atoms with van der Waals surface area (Å²) >= 11 is 0. The van der Waals surface area contributed by atoms with E-state index in [1.807, 2.05) is 24.3 Å². The number of hydrogen-bond donors (Lipinski definition) is 3. The molecule has 30 heavy (non-hydrogen) atoms. The topological polar surface area (TPSA) is 114 Å². The van der Waals surface area contributed by atoms with Crippen LogP contribution in [0.15, 0.2) is 48.3 Å². The van der Waals surface area contributed by atoms with Gasteiger partial charge in [0.25, 0.3) is 0 Å². The van der Waals surface area contributed by atoms with Crippen LogP contribution in [0.5, 0.6) is 11.5 Å². The highest BCUT2D eigenvalue weighted by Gasteiger charge is 2.60. The van der Waals surface area contributed by atoms with Gasteiger partial charge in [0.2, 0.25) is 0 Å². The van der Waals surface area contributed by atoms with Gasteiger partial charge < -0.3 is 30.2 Å². The summed E-state index contributed by atoms with van der Waals surface area (Å²) in [4.78, 5) is 23.2. The first kappa shape index (κ1) is 18.5. The number of ether oxygens (including phenoxy) is 2. The number of carbonyl (C=O) groups excluding carboxylic acids is 1. The van der Waals surface area contributed by atoms with Crippen LogP contribution in [-0.4, -0.2) is 46.7 Å². The zero-order valence-corrected chi connectivity index (χ0v) is 16.7. The van der Waals surface area contributed by atoms with E-state index in [1.54, 1.807) is 37.3 Å². The quantitative estimate of drug-likeness (QED) is 0.609. The Labute approximate surface area is 172 Å². The van der Waals surface area contributed by atoms with Crippen molar-refractivity contribution in [3.63, 3.8) is 0 Å². The van der Waals surface area contributed by atoms with Crippen LogP contribution in [0.4, 0.5) is 5.69 Å². The molecule has 0 unspecified atom stereocenters. The van der Waals surface area contributed by atoms with Gasteiger partial charge in [-0.15, -0.1) is 0 Å². The van der Waals surface area contributed by atoms with E-state index in [1.165, 1.54) is 0 Å². The van der Waals surface area contributed by atoms with Crippen molar-refractivity contribution in [2.24, 2.45) is 5.73 Å². The number of ketones is 1. The lowest BCUT2D eigenvalue weighted by molar-refractivity contribution is -0.124. The molecule has 0 atom stereocenters. The maximum Gasteiger partial charge on any atom is 0.196 e. The van der Waals surface area contributed by atoms with Crippen molar-refractivity contribution in [2.45, 2.75) is 24.5 Å². The lowest BCUT2D eigenvalue weighted by Gasteiger charge is -2.48. The molecule has 154 valence electrons. The van der Waals surface area contributed by atoms with Crippen LogP contribution in [0.25, 0.3) is 16.6 Å². The molecular formula is C22H22N4O4. The SMILES string of the molecule is COc1cc(OC)cc(N2C(N)=C(c3nc4ccccc4[nH]3)C(=O)[C@]23C[C@H](O)C3)c1. The van der Waals surface area contributed by atoms with Gasteiger partial charge in [-0.25, -0.2) is 4.98 Å². The first-order valence-electron chi connectivity index (χ1n) is 9.68. The van der Waals surface area contributed by atoms with Gasteiger partial charge in [0.05, 0.1) is 37.0 Å². The molecule has 0 amide bonds. The van der Waals surface area contributed by atoms with Crippen molar-refractivity contribution in [1.82, 2.24) is 9.97 Å². The third-order valence-corrected chi connectivity index (χ3v) is 5.94.